The van der Waals surface area contributed by atoms with Crippen LogP contribution in [0, 0.1) is 13.8 Å². The molecule has 0 fully saturated rings. The van der Waals surface area contributed by atoms with E-state index in [-0.39, 0.29) is 5.91 Å². The topological polar surface area (TPSA) is 64.7 Å². The molecule has 6 nitrogen and oxygen atoms in total. The van der Waals surface area contributed by atoms with Gasteiger partial charge in [-0.25, -0.2) is 0 Å². The monoisotopic (exact) mass is 493 g/mol. The summed E-state index contributed by atoms with van der Waals surface area (Å²) in [4.78, 5) is 12.4. The van der Waals surface area contributed by atoms with Crippen LogP contribution in [0.1, 0.15) is 39.9 Å². The number of hydrogen-bond acceptors (Lipinski definition) is 3. The third-order valence-electron chi connectivity index (χ3n) is 4.37. The number of carbonyl (C=O) groups excluding carboxylic acids is 1. The number of hydrogen-bond donors (Lipinski definition) is 1. The second kappa shape index (κ2) is 8.39. The molecule has 0 aliphatic carbocycles. The molecule has 3 rings (SSSR count). The van der Waals surface area contributed by atoms with Crippen molar-refractivity contribution in [2.45, 2.75) is 40.4 Å². The lowest BCUT2D eigenvalue weighted by Crippen LogP contribution is -2.23. The van der Waals surface area contributed by atoms with Crippen molar-refractivity contribution in [3.63, 3.8) is 0 Å². The molecule has 2 heterocycles. The predicted molar refractivity (Wildman–Crippen MR) is 112 cm³/mol. The molecule has 0 aliphatic heterocycles. The average Bonchev–Trinajstić information content (AvgIpc) is 3.15. The molecule has 0 spiro atoms. The van der Waals surface area contributed by atoms with Crippen molar-refractivity contribution >= 4 is 37.8 Å². The number of rotatable bonds is 6. The first-order valence-electron chi connectivity index (χ1n) is 8.67. The largest absolute Gasteiger partial charge is 0.346 e. The number of halogens is 2. The minimum absolute atomic E-state index is 0.117. The van der Waals surface area contributed by atoms with Gasteiger partial charge in [0, 0.05) is 18.3 Å². The van der Waals surface area contributed by atoms with E-state index >= 15 is 0 Å². The van der Waals surface area contributed by atoms with Crippen LogP contribution in [0.4, 0.5) is 0 Å². The van der Waals surface area contributed by atoms with E-state index in [0.717, 1.165) is 38.1 Å². The molecule has 0 saturated heterocycles. The summed E-state index contributed by atoms with van der Waals surface area (Å²) in [7, 11) is 0. The van der Waals surface area contributed by atoms with Gasteiger partial charge in [0.1, 0.15) is 0 Å². The Labute approximate surface area is 175 Å². The lowest BCUT2D eigenvalue weighted by atomic mass is 10.1. The van der Waals surface area contributed by atoms with Gasteiger partial charge in [-0.05, 0) is 70.3 Å². The highest BCUT2D eigenvalue weighted by Gasteiger charge is 2.11. The predicted octanol–water partition coefficient (Wildman–Crippen LogP) is 4.22. The van der Waals surface area contributed by atoms with E-state index < -0.39 is 0 Å². The van der Waals surface area contributed by atoms with Gasteiger partial charge in [-0.1, -0.05) is 12.1 Å². The van der Waals surface area contributed by atoms with Crippen molar-refractivity contribution in [2.24, 2.45) is 0 Å². The first-order chi connectivity index (χ1) is 12.9. The van der Waals surface area contributed by atoms with Gasteiger partial charge < -0.3 is 5.32 Å². The van der Waals surface area contributed by atoms with Gasteiger partial charge in [-0.15, -0.1) is 0 Å². The fourth-order valence-electron chi connectivity index (χ4n) is 2.75. The Balaban J connectivity index is 1.63. The van der Waals surface area contributed by atoms with E-state index in [4.69, 9.17) is 0 Å². The van der Waals surface area contributed by atoms with Crippen LogP contribution >= 0.6 is 31.9 Å². The number of benzene rings is 1. The second-order valence-electron chi connectivity index (χ2n) is 6.30. The van der Waals surface area contributed by atoms with Crippen LogP contribution in [0.25, 0.3) is 0 Å². The molecule has 0 saturated carbocycles. The van der Waals surface area contributed by atoms with Crippen LogP contribution in [0.5, 0.6) is 0 Å². The normalized spacial score (nSPS) is 11.0. The molecular formula is C19H21Br2N5O. The Morgan fingerprint density at radius 1 is 1.15 bits per heavy atom. The van der Waals surface area contributed by atoms with Gasteiger partial charge in [-0.2, -0.15) is 10.2 Å². The molecule has 0 bridgehead atoms. The van der Waals surface area contributed by atoms with Gasteiger partial charge in [-0.3, -0.25) is 14.2 Å². The van der Waals surface area contributed by atoms with Crippen LogP contribution < -0.4 is 5.32 Å². The number of amides is 1. The minimum atomic E-state index is -0.117. The molecule has 1 amide bonds. The van der Waals surface area contributed by atoms with Crippen molar-refractivity contribution < 1.29 is 4.79 Å². The van der Waals surface area contributed by atoms with Crippen LogP contribution in [-0.2, 0) is 19.6 Å². The number of carbonyl (C=O) groups is 1. The highest BCUT2D eigenvalue weighted by Crippen LogP contribution is 2.21. The second-order valence-corrected chi connectivity index (χ2v) is 7.95. The summed E-state index contributed by atoms with van der Waals surface area (Å²) in [6.45, 7) is 7.87. The summed E-state index contributed by atoms with van der Waals surface area (Å²) in [6, 6.07) is 7.60. The van der Waals surface area contributed by atoms with Gasteiger partial charge in [0.25, 0.3) is 5.91 Å². The maximum Gasteiger partial charge on any atom is 0.251 e. The van der Waals surface area contributed by atoms with Crippen molar-refractivity contribution in [1.29, 1.82) is 0 Å². The van der Waals surface area contributed by atoms with E-state index in [2.05, 4.69) is 47.4 Å². The first kappa shape index (κ1) is 19.8. The number of aryl methyl sites for hydroxylation is 2. The van der Waals surface area contributed by atoms with Crippen LogP contribution in [0.15, 0.2) is 39.4 Å². The molecule has 1 N–H and O–H groups in total. The Bertz CT molecular complexity index is 959. The van der Waals surface area contributed by atoms with E-state index in [0.29, 0.717) is 18.7 Å². The summed E-state index contributed by atoms with van der Waals surface area (Å²) < 4.78 is 5.72. The Morgan fingerprint density at radius 3 is 2.41 bits per heavy atom. The zero-order chi connectivity index (χ0) is 19.6. The van der Waals surface area contributed by atoms with E-state index in [9.17, 15) is 4.79 Å². The quantitative estimate of drug-likeness (QED) is 0.558. The number of aromatic nitrogens is 4. The number of nitrogens with one attached hydrogen (secondary N) is 1. The standard InChI is InChI=1S/C19H21Br2N5O/c1-4-25-11-16(20)17(24-25)9-22-19(27)15-7-5-14(6-8-15)10-26-13(3)18(21)12(2)23-26/h5-8,11H,4,9-10H2,1-3H3,(H,22,27). The van der Waals surface area contributed by atoms with Crippen molar-refractivity contribution in [3.05, 3.63) is 67.6 Å². The zero-order valence-electron chi connectivity index (χ0n) is 15.5. The van der Waals surface area contributed by atoms with Crippen LogP contribution in [0.3, 0.4) is 0 Å². The molecule has 8 heteroatoms. The summed E-state index contributed by atoms with van der Waals surface area (Å²) in [6.07, 6.45) is 1.91. The van der Waals surface area contributed by atoms with E-state index in [1.807, 2.05) is 60.6 Å². The van der Waals surface area contributed by atoms with Gasteiger partial charge in [0.15, 0.2) is 0 Å². The smallest absolute Gasteiger partial charge is 0.251 e. The SMILES string of the molecule is CCn1cc(Br)c(CNC(=O)c2ccc(Cn3nc(C)c(Br)c3C)cc2)n1. The van der Waals surface area contributed by atoms with Gasteiger partial charge >= 0.3 is 0 Å². The third-order valence-corrected chi connectivity index (χ3v) is 6.18. The Kier molecular flexibility index (Phi) is 6.16. The molecule has 2 aromatic heterocycles. The molecule has 27 heavy (non-hydrogen) atoms. The minimum Gasteiger partial charge on any atom is -0.346 e. The molecule has 0 atom stereocenters. The number of nitrogens with zero attached hydrogens (tertiary/aromatic N) is 4. The van der Waals surface area contributed by atoms with E-state index in [1.54, 1.807) is 0 Å². The van der Waals surface area contributed by atoms with E-state index in [1.165, 1.54) is 0 Å². The molecule has 0 aliphatic rings. The Hall–Kier alpha value is -1.93. The lowest BCUT2D eigenvalue weighted by molar-refractivity contribution is 0.0950. The molecule has 0 radical (unpaired) electrons. The van der Waals surface area contributed by atoms with Gasteiger partial charge in [0.2, 0.25) is 0 Å². The maximum absolute atomic E-state index is 12.4. The fraction of sp³-hybridized carbons (Fsp3) is 0.316. The zero-order valence-corrected chi connectivity index (χ0v) is 18.6. The van der Waals surface area contributed by atoms with Crippen molar-refractivity contribution in [2.75, 3.05) is 0 Å². The van der Waals surface area contributed by atoms with Gasteiger partial charge in [0.05, 0.1) is 39.1 Å². The summed E-state index contributed by atoms with van der Waals surface area (Å²) >= 11 is 7.02. The molecule has 142 valence electrons. The van der Waals surface area contributed by atoms with Crippen molar-refractivity contribution in [1.82, 2.24) is 24.9 Å². The highest BCUT2D eigenvalue weighted by atomic mass is 79.9. The van der Waals surface area contributed by atoms with Crippen LogP contribution in [0.2, 0.25) is 0 Å². The first-order valence-corrected chi connectivity index (χ1v) is 10.3. The fourth-order valence-corrected chi connectivity index (χ4v) is 3.49. The Morgan fingerprint density at radius 2 is 1.85 bits per heavy atom. The van der Waals surface area contributed by atoms with Crippen molar-refractivity contribution in [3.8, 4) is 0 Å². The third kappa shape index (κ3) is 4.50. The summed E-state index contributed by atoms with van der Waals surface area (Å²) in [5.41, 5.74) is 4.59. The average molecular weight is 495 g/mol. The summed E-state index contributed by atoms with van der Waals surface area (Å²) in [5.74, 6) is -0.117. The van der Waals surface area contributed by atoms with Crippen LogP contribution in [-0.4, -0.2) is 25.5 Å². The molecule has 0 unspecified atom stereocenters. The molecular weight excluding hydrogens is 474 g/mol. The highest BCUT2D eigenvalue weighted by molar-refractivity contribution is 9.10. The lowest BCUT2D eigenvalue weighted by Gasteiger charge is -2.07. The molecule has 3 aromatic rings. The maximum atomic E-state index is 12.4. The molecule has 1 aromatic carbocycles. The summed E-state index contributed by atoms with van der Waals surface area (Å²) in [5, 5.41) is 11.8.